The van der Waals surface area contributed by atoms with Crippen molar-refractivity contribution in [3.05, 3.63) is 0 Å². The van der Waals surface area contributed by atoms with Crippen molar-refractivity contribution in [3.63, 3.8) is 0 Å². The summed E-state index contributed by atoms with van der Waals surface area (Å²) in [4.78, 5) is 24.6. The fraction of sp³-hybridized carbons (Fsp3) is 0.857. The Bertz CT molecular complexity index is 322. The van der Waals surface area contributed by atoms with Gasteiger partial charge in [0.25, 0.3) is 0 Å². The van der Waals surface area contributed by atoms with Crippen LogP contribution in [0.25, 0.3) is 0 Å². The highest BCUT2D eigenvalue weighted by atomic mass is 16.5. The van der Waals surface area contributed by atoms with Crippen LogP contribution >= 0.6 is 0 Å². The van der Waals surface area contributed by atoms with Crippen LogP contribution in [0, 0.1) is 5.92 Å². The number of likely N-dealkylation sites (tertiary alicyclic amines) is 1. The van der Waals surface area contributed by atoms with Crippen LogP contribution in [-0.2, 0) is 9.53 Å². The summed E-state index contributed by atoms with van der Waals surface area (Å²) in [6, 6.07) is -0.161. The third-order valence-electron chi connectivity index (χ3n) is 3.65. The summed E-state index contributed by atoms with van der Waals surface area (Å²) < 4.78 is 5.38. The van der Waals surface area contributed by atoms with Crippen LogP contribution < -0.4 is 5.32 Å². The number of nitrogens with zero attached hydrogens (tertiary/aromatic N) is 1. The second-order valence-corrected chi connectivity index (χ2v) is 5.30. The van der Waals surface area contributed by atoms with Crippen LogP contribution in [0.5, 0.6) is 0 Å². The molecule has 1 rings (SSSR count). The number of hydrogen-bond acceptors (Lipinski definition) is 3. The van der Waals surface area contributed by atoms with Crippen molar-refractivity contribution >= 4 is 12.0 Å². The lowest BCUT2D eigenvalue weighted by atomic mass is 9.92. The van der Waals surface area contributed by atoms with E-state index >= 15 is 0 Å². The first-order valence-electron chi connectivity index (χ1n) is 7.41. The van der Waals surface area contributed by atoms with E-state index in [1.54, 1.807) is 4.90 Å². The maximum atomic E-state index is 12.0. The smallest absolute Gasteiger partial charge is 0.317 e. The third-order valence-corrected chi connectivity index (χ3v) is 3.65. The van der Waals surface area contributed by atoms with Crippen LogP contribution in [0.2, 0.25) is 0 Å². The normalized spacial score (nSPS) is 22.6. The topological polar surface area (TPSA) is 78.9 Å². The molecule has 2 atom stereocenters. The monoisotopic (exact) mass is 286 g/mol. The number of carbonyl (C=O) groups is 2. The minimum Gasteiger partial charge on any atom is -0.481 e. The third kappa shape index (κ3) is 5.36. The lowest BCUT2D eigenvalue weighted by molar-refractivity contribution is -0.143. The Hall–Kier alpha value is -1.30. The van der Waals surface area contributed by atoms with E-state index in [1.807, 2.05) is 6.92 Å². The Morgan fingerprint density at radius 2 is 2.15 bits per heavy atom. The zero-order valence-corrected chi connectivity index (χ0v) is 12.4. The molecular weight excluding hydrogens is 260 g/mol. The Kier molecular flexibility index (Phi) is 7.36. The van der Waals surface area contributed by atoms with E-state index in [1.165, 1.54) is 0 Å². The van der Waals surface area contributed by atoms with Gasteiger partial charge in [0, 0.05) is 25.7 Å². The molecule has 0 aromatic carbocycles. The molecule has 0 aromatic rings. The molecule has 1 aliphatic rings. The van der Waals surface area contributed by atoms with Crippen molar-refractivity contribution in [2.24, 2.45) is 5.92 Å². The van der Waals surface area contributed by atoms with E-state index in [-0.39, 0.29) is 18.0 Å². The van der Waals surface area contributed by atoms with Crippen molar-refractivity contribution < 1.29 is 19.4 Å². The molecule has 2 unspecified atom stereocenters. The molecule has 1 saturated heterocycles. The quantitative estimate of drug-likeness (QED) is 0.698. The maximum absolute atomic E-state index is 12.0. The molecule has 1 fully saturated rings. The molecule has 20 heavy (non-hydrogen) atoms. The summed E-state index contributed by atoms with van der Waals surface area (Å²) in [5, 5.41) is 11.8. The standard InChI is InChI=1S/C14H26N2O4/c1-3-4-8-20-9-6-15-14(19)16-7-5-12(13(17)18)10-11(16)2/h11-12H,3-10H2,1-2H3,(H,15,19)(H,17,18). The Morgan fingerprint density at radius 3 is 2.75 bits per heavy atom. The van der Waals surface area contributed by atoms with Crippen molar-refractivity contribution in [3.8, 4) is 0 Å². The largest absolute Gasteiger partial charge is 0.481 e. The predicted molar refractivity (Wildman–Crippen MR) is 75.7 cm³/mol. The number of carbonyl (C=O) groups excluding carboxylic acids is 1. The number of rotatable bonds is 7. The second-order valence-electron chi connectivity index (χ2n) is 5.30. The van der Waals surface area contributed by atoms with Gasteiger partial charge >= 0.3 is 12.0 Å². The number of hydrogen-bond donors (Lipinski definition) is 2. The fourth-order valence-corrected chi connectivity index (χ4v) is 2.38. The Balaban J connectivity index is 2.22. The van der Waals surface area contributed by atoms with Crippen molar-refractivity contribution in [2.75, 3.05) is 26.3 Å². The van der Waals surface area contributed by atoms with E-state index in [0.29, 0.717) is 32.5 Å². The molecule has 2 amide bonds. The van der Waals surface area contributed by atoms with Gasteiger partial charge in [-0.2, -0.15) is 0 Å². The van der Waals surface area contributed by atoms with Crippen LogP contribution in [0.15, 0.2) is 0 Å². The summed E-state index contributed by atoms with van der Waals surface area (Å²) in [6.07, 6.45) is 3.19. The van der Waals surface area contributed by atoms with Gasteiger partial charge in [-0.25, -0.2) is 4.79 Å². The first-order chi connectivity index (χ1) is 9.56. The minimum atomic E-state index is -0.763. The van der Waals surface area contributed by atoms with E-state index < -0.39 is 5.97 Å². The molecule has 1 aliphatic heterocycles. The number of carboxylic acid groups (broad SMARTS) is 1. The molecule has 0 aliphatic carbocycles. The molecule has 0 spiro atoms. The molecule has 2 N–H and O–H groups in total. The first kappa shape index (κ1) is 16.8. The summed E-state index contributed by atoms with van der Waals surface area (Å²) in [6.45, 7) is 6.24. The molecule has 116 valence electrons. The molecule has 0 aromatic heterocycles. The number of urea groups is 1. The van der Waals surface area contributed by atoms with Gasteiger partial charge < -0.3 is 20.1 Å². The molecule has 0 radical (unpaired) electrons. The molecular formula is C14H26N2O4. The highest BCUT2D eigenvalue weighted by Crippen LogP contribution is 2.22. The Morgan fingerprint density at radius 1 is 1.40 bits per heavy atom. The van der Waals surface area contributed by atoms with Crippen molar-refractivity contribution in [2.45, 2.75) is 45.6 Å². The average molecular weight is 286 g/mol. The maximum Gasteiger partial charge on any atom is 0.317 e. The summed E-state index contributed by atoms with van der Waals surface area (Å²) in [5.74, 6) is -1.09. The average Bonchev–Trinajstić information content (AvgIpc) is 2.42. The van der Waals surface area contributed by atoms with Crippen molar-refractivity contribution in [1.29, 1.82) is 0 Å². The number of ether oxygens (including phenoxy) is 1. The van der Waals surface area contributed by atoms with Gasteiger partial charge in [0.2, 0.25) is 0 Å². The highest BCUT2D eigenvalue weighted by molar-refractivity contribution is 5.75. The molecule has 6 nitrogen and oxygen atoms in total. The van der Waals surface area contributed by atoms with Crippen LogP contribution in [0.1, 0.15) is 39.5 Å². The number of aliphatic carboxylic acids is 1. The first-order valence-corrected chi connectivity index (χ1v) is 7.41. The lowest BCUT2D eigenvalue weighted by Crippen LogP contribution is -2.50. The molecule has 0 saturated carbocycles. The Labute approximate surface area is 120 Å². The minimum absolute atomic E-state index is 0.0362. The van der Waals surface area contributed by atoms with E-state index in [2.05, 4.69) is 12.2 Å². The van der Waals surface area contributed by atoms with Gasteiger partial charge in [0.05, 0.1) is 12.5 Å². The number of carboxylic acids is 1. The summed E-state index contributed by atoms with van der Waals surface area (Å²) in [5.41, 5.74) is 0. The lowest BCUT2D eigenvalue weighted by Gasteiger charge is -2.36. The molecule has 1 heterocycles. The van der Waals surface area contributed by atoms with E-state index in [9.17, 15) is 9.59 Å². The zero-order chi connectivity index (χ0) is 15.0. The SMILES string of the molecule is CCCCOCCNC(=O)N1CCC(C(=O)O)CC1C. The predicted octanol–water partition coefficient (Wildman–Crippen LogP) is 1.70. The molecule has 6 heteroatoms. The fourth-order valence-electron chi connectivity index (χ4n) is 2.38. The van der Waals surface area contributed by atoms with Crippen LogP contribution in [0.4, 0.5) is 4.79 Å². The van der Waals surface area contributed by atoms with E-state index in [0.717, 1.165) is 19.4 Å². The van der Waals surface area contributed by atoms with Gasteiger partial charge in [-0.3, -0.25) is 4.79 Å². The van der Waals surface area contributed by atoms with Gasteiger partial charge in [-0.15, -0.1) is 0 Å². The highest BCUT2D eigenvalue weighted by Gasteiger charge is 2.31. The zero-order valence-electron chi connectivity index (χ0n) is 12.4. The number of piperidine rings is 1. The number of unbranched alkanes of at least 4 members (excludes halogenated alkanes) is 1. The van der Waals surface area contributed by atoms with Gasteiger partial charge in [0.1, 0.15) is 0 Å². The van der Waals surface area contributed by atoms with Gasteiger partial charge in [-0.05, 0) is 26.2 Å². The molecule has 0 bridgehead atoms. The number of nitrogens with one attached hydrogen (secondary N) is 1. The second kappa shape index (κ2) is 8.79. The number of amides is 2. The summed E-state index contributed by atoms with van der Waals surface area (Å²) in [7, 11) is 0. The van der Waals surface area contributed by atoms with Gasteiger partial charge in [0.15, 0.2) is 0 Å². The van der Waals surface area contributed by atoms with Crippen molar-refractivity contribution in [1.82, 2.24) is 10.2 Å². The van der Waals surface area contributed by atoms with E-state index in [4.69, 9.17) is 9.84 Å². The van der Waals surface area contributed by atoms with Crippen LogP contribution in [-0.4, -0.2) is 54.4 Å². The summed E-state index contributed by atoms with van der Waals surface area (Å²) >= 11 is 0. The van der Waals surface area contributed by atoms with Gasteiger partial charge in [-0.1, -0.05) is 13.3 Å². The van der Waals surface area contributed by atoms with Crippen LogP contribution in [0.3, 0.4) is 0 Å².